The Morgan fingerprint density at radius 1 is 1.00 bits per heavy atom. The largest absolute Gasteiger partial charge is 0.507 e. The van der Waals surface area contributed by atoms with Crippen LogP contribution in [0.2, 0.25) is 0 Å². The molecule has 0 bridgehead atoms. The highest BCUT2D eigenvalue weighted by molar-refractivity contribution is 5.50. The second-order valence-electron chi connectivity index (χ2n) is 8.82. The molecular formula is C19H31NO3. The van der Waals surface area contributed by atoms with Crippen LogP contribution in [-0.2, 0) is 17.3 Å². The number of nitro groups is 1. The molecule has 0 aromatic heterocycles. The van der Waals surface area contributed by atoms with Gasteiger partial charge in [-0.1, -0.05) is 60.6 Å². The summed E-state index contributed by atoms with van der Waals surface area (Å²) in [6, 6.07) is 3.87. The molecule has 0 radical (unpaired) electrons. The van der Waals surface area contributed by atoms with E-state index in [-0.39, 0.29) is 15.8 Å². The summed E-state index contributed by atoms with van der Waals surface area (Å²) in [6.45, 7) is 15.8. The van der Waals surface area contributed by atoms with E-state index < -0.39 is 5.54 Å². The highest BCUT2D eigenvalue weighted by atomic mass is 16.6. The molecule has 1 rings (SSSR count). The minimum Gasteiger partial charge on any atom is -0.507 e. The van der Waals surface area contributed by atoms with Gasteiger partial charge in [-0.2, -0.15) is 0 Å². The maximum atomic E-state index is 11.4. The van der Waals surface area contributed by atoms with Gasteiger partial charge in [-0.25, -0.2) is 0 Å². The van der Waals surface area contributed by atoms with Crippen molar-refractivity contribution in [2.45, 2.75) is 84.6 Å². The molecule has 1 N–H and O–H groups in total. The molecule has 1 aromatic rings. The summed E-state index contributed by atoms with van der Waals surface area (Å²) in [5.41, 5.74) is 1.18. The molecule has 0 saturated heterocycles. The first-order valence-electron chi connectivity index (χ1n) is 8.23. The van der Waals surface area contributed by atoms with Crippen LogP contribution in [0.3, 0.4) is 0 Å². The smallest absolute Gasteiger partial charge is 0.223 e. The molecule has 0 amide bonds. The Bertz CT molecular complexity index is 559. The third-order valence-electron chi connectivity index (χ3n) is 4.57. The highest BCUT2D eigenvalue weighted by Gasteiger charge is 2.36. The molecule has 0 aliphatic heterocycles. The van der Waals surface area contributed by atoms with Crippen LogP contribution >= 0.6 is 0 Å². The second kappa shape index (κ2) is 6.14. The monoisotopic (exact) mass is 321 g/mol. The predicted octanol–water partition coefficient (Wildman–Crippen LogP) is 4.98. The summed E-state index contributed by atoms with van der Waals surface area (Å²) in [5, 5.41) is 22.2. The van der Waals surface area contributed by atoms with Crippen molar-refractivity contribution in [3.8, 4) is 5.75 Å². The average molecular weight is 321 g/mol. The van der Waals surface area contributed by atoms with E-state index in [0.29, 0.717) is 18.6 Å². The molecule has 0 spiro atoms. The molecule has 4 heteroatoms. The van der Waals surface area contributed by atoms with Gasteiger partial charge in [-0.3, -0.25) is 10.1 Å². The van der Waals surface area contributed by atoms with Gasteiger partial charge in [-0.05, 0) is 27.5 Å². The van der Waals surface area contributed by atoms with E-state index in [1.54, 1.807) is 6.92 Å². The van der Waals surface area contributed by atoms with Gasteiger partial charge < -0.3 is 5.11 Å². The van der Waals surface area contributed by atoms with E-state index >= 15 is 0 Å². The number of benzene rings is 1. The molecular weight excluding hydrogens is 290 g/mol. The van der Waals surface area contributed by atoms with Gasteiger partial charge in [0, 0.05) is 24.7 Å². The van der Waals surface area contributed by atoms with Gasteiger partial charge in [0.25, 0.3) is 0 Å². The lowest BCUT2D eigenvalue weighted by Crippen LogP contribution is -2.36. The van der Waals surface area contributed by atoms with Crippen LogP contribution in [0.4, 0.5) is 0 Å². The third kappa shape index (κ3) is 4.24. The number of hydrogen-bond acceptors (Lipinski definition) is 3. The number of phenols is 1. The van der Waals surface area contributed by atoms with Crippen LogP contribution in [0.15, 0.2) is 12.1 Å². The Balaban J connectivity index is 3.54. The van der Waals surface area contributed by atoms with Crippen molar-refractivity contribution in [3.05, 3.63) is 38.9 Å². The fraction of sp³-hybridized carbons (Fsp3) is 0.684. The third-order valence-corrected chi connectivity index (χ3v) is 4.57. The van der Waals surface area contributed by atoms with Gasteiger partial charge in [0.15, 0.2) is 0 Å². The highest BCUT2D eigenvalue weighted by Crippen LogP contribution is 2.40. The van der Waals surface area contributed by atoms with Crippen LogP contribution in [0.25, 0.3) is 0 Å². The minimum atomic E-state index is -0.985. The molecule has 0 aliphatic carbocycles. The number of aromatic hydroxyl groups is 1. The van der Waals surface area contributed by atoms with Crippen molar-refractivity contribution < 1.29 is 10.0 Å². The van der Waals surface area contributed by atoms with Crippen LogP contribution in [0.5, 0.6) is 5.75 Å². The van der Waals surface area contributed by atoms with Crippen molar-refractivity contribution in [2.75, 3.05) is 0 Å². The normalized spacial score (nSPS) is 15.3. The second-order valence-corrected chi connectivity index (χ2v) is 8.82. The number of phenolic OH excluding ortho intramolecular Hbond substituents is 1. The van der Waals surface area contributed by atoms with Crippen molar-refractivity contribution in [1.29, 1.82) is 0 Å². The molecule has 4 nitrogen and oxygen atoms in total. The fourth-order valence-electron chi connectivity index (χ4n) is 2.70. The molecule has 0 heterocycles. The molecule has 1 aromatic carbocycles. The quantitative estimate of drug-likeness (QED) is 0.628. The predicted molar refractivity (Wildman–Crippen MR) is 94.9 cm³/mol. The average Bonchev–Trinajstić information content (AvgIpc) is 2.37. The number of hydrogen-bond donors (Lipinski definition) is 1. The van der Waals surface area contributed by atoms with E-state index in [2.05, 4.69) is 0 Å². The van der Waals surface area contributed by atoms with Crippen LogP contribution < -0.4 is 0 Å². The Hall–Kier alpha value is -1.58. The van der Waals surface area contributed by atoms with E-state index in [9.17, 15) is 15.2 Å². The Morgan fingerprint density at radius 2 is 1.39 bits per heavy atom. The standard InChI is InChI=1S/C19H31NO3/c1-9-19(8,20(22)23)12-13-10-14(17(2,3)4)16(21)15(11-13)18(5,6)7/h10-11,21H,9,12H2,1-8H3. The van der Waals surface area contributed by atoms with E-state index in [1.807, 2.05) is 60.6 Å². The first-order chi connectivity index (χ1) is 10.2. The lowest BCUT2D eigenvalue weighted by Gasteiger charge is -2.29. The Labute approximate surface area is 140 Å². The van der Waals surface area contributed by atoms with Crippen molar-refractivity contribution in [3.63, 3.8) is 0 Å². The summed E-state index contributed by atoms with van der Waals surface area (Å²) < 4.78 is 0. The summed E-state index contributed by atoms with van der Waals surface area (Å²) in [5.74, 6) is 0.313. The topological polar surface area (TPSA) is 63.4 Å². The van der Waals surface area contributed by atoms with Gasteiger partial charge in [0.2, 0.25) is 5.54 Å². The molecule has 0 saturated carbocycles. The maximum Gasteiger partial charge on any atom is 0.223 e. The Morgan fingerprint density at radius 3 is 1.65 bits per heavy atom. The zero-order valence-corrected chi connectivity index (χ0v) is 15.8. The van der Waals surface area contributed by atoms with Gasteiger partial charge in [0.05, 0.1) is 0 Å². The zero-order valence-electron chi connectivity index (χ0n) is 15.8. The zero-order chi connectivity index (χ0) is 18.2. The van der Waals surface area contributed by atoms with Crippen LogP contribution in [-0.4, -0.2) is 15.6 Å². The molecule has 0 fully saturated rings. The van der Waals surface area contributed by atoms with Crippen molar-refractivity contribution >= 4 is 0 Å². The van der Waals surface area contributed by atoms with Crippen molar-refractivity contribution in [1.82, 2.24) is 0 Å². The van der Waals surface area contributed by atoms with Gasteiger partial charge >= 0.3 is 0 Å². The lowest BCUT2D eigenvalue weighted by atomic mass is 9.77. The maximum absolute atomic E-state index is 11.4. The van der Waals surface area contributed by atoms with Crippen LogP contribution in [0.1, 0.15) is 78.5 Å². The number of rotatable bonds is 4. The summed E-state index contributed by atoms with van der Waals surface area (Å²) in [4.78, 5) is 11.3. The lowest BCUT2D eigenvalue weighted by molar-refractivity contribution is -0.565. The SMILES string of the molecule is CCC(C)(Cc1cc(C(C)(C)C)c(O)c(C(C)(C)C)c1)[N+](=O)[O-]. The molecule has 0 aliphatic rings. The first kappa shape index (κ1) is 19.5. The molecule has 1 atom stereocenters. The van der Waals surface area contributed by atoms with Gasteiger partial charge in [-0.15, -0.1) is 0 Å². The summed E-state index contributed by atoms with van der Waals surface area (Å²) in [6.07, 6.45) is 0.833. The van der Waals surface area contributed by atoms with Crippen molar-refractivity contribution in [2.24, 2.45) is 0 Å². The summed E-state index contributed by atoms with van der Waals surface area (Å²) in [7, 11) is 0. The van der Waals surface area contributed by atoms with E-state index in [0.717, 1.165) is 16.7 Å². The van der Waals surface area contributed by atoms with E-state index in [4.69, 9.17) is 0 Å². The fourth-order valence-corrected chi connectivity index (χ4v) is 2.70. The van der Waals surface area contributed by atoms with E-state index in [1.165, 1.54) is 0 Å². The summed E-state index contributed by atoms with van der Waals surface area (Å²) >= 11 is 0. The molecule has 1 unspecified atom stereocenters. The Kier molecular flexibility index (Phi) is 5.20. The van der Waals surface area contributed by atoms with Crippen LogP contribution in [0, 0.1) is 10.1 Å². The first-order valence-corrected chi connectivity index (χ1v) is 8.23. The number of nitrogens with zero attached hydrogens (tertiary/aromatic N) is 1. The minimum absolute atomic E-state index is 0.187. The molecule has 130 valence electrons. The van der Waals surface area contributed by atoms with Gasteiger partial charge in [0.1, 0.15) is 5.75 Å². The molecule has 23 heavy (non-hydrogen) atoms.